The summed E-state index contributed by atoms with van der Waals surface area (Å²) in [5.74, 6) is -1.24. The monoisotopic (exact) mass is 336 g/mol. The fourth-order valence-corrected chi connectivity index (χ4v) is 2.89. The molecule has 1 atom stereocenters. The molecule has 0 N–H and O–H groups in total. The lowest BCUT2D eigenvalue weighted by molar-refractivity contribution is -0.137. The third-order valence-electron chi connectivity index (χ3n) is 4.06. The van der Waals surface area contributed by atoms with E-state index in [4.69, 9.17) is 9.26 Å². The number of aromatic nitrogens is 1. The second-order valence-corrected chi connectivity index (χ2v) is 5.82. The summed E-state index contributed by atoms with van der Waals surface area (Å²) >= 11 is 0. The van der Waals surface area contributed by atoms with Crippen LogP contribution in [-0.2, 0) is 4.79 Å². The Kier molecular flexibility index (Phi) is 4.78. The van der Waals surface area contributed by atoms with Crippen LogP contribution < -0.4 is 4.74 Å². The van der Waals surface area contributed by atoms with Gasteiger partial charge in [0.2, 0.25) is 0 Å². The molecular formula is C17H18F2N2O3. The second kappa shape index (κ2) is 6.98. The topological polar surface area (TPSA) is 55.6 Å². The van der Waals surface area contributed by atoms with E-state index in [1.165, 1.54) is 6.07 Å². The first kappa shape index (κ1) is 16.4. The summed E-state index contributed by atoms with van der Waals surface area (Å²) in [5.41, 5.74) is 0.716. The average molecular weight is 336 g/mol. The Bertz CT molecular complexity index is 732. The number of rotatable bonds is 4. The maximum atomic E-state index is 13.6. The van der Waals surface area contributed by atoms with Crippen LogP contribution >= 0.6 is 0 Å². The van der Waals surface area contributed by atoms with Crippen molar-refractivity contribution in [3.05, 3.63) is 47.4 Å². The molecule has 5 nitrogen and oxygen atoms in total. The molecule has 1 aromatic carbocycles. The number of likely N-dealkylation sites (tertiary alicyclic amines) is 1. The first-order valence-electron chi connectivity index (χ1n) is 7.85. The maximum Gasteiger partial charge on any atom is 0.261 e. The summed E-state index contributed by atoms with van der Waals surface area (Å²) in [5, 5.41) is 4.00. The fourth-order valence-electron chi connectivity index (χ4n) is 2.89. The molecule has 1 aliphatic heterocycles. The zero-order chi connectivity index (χ0) is 17.1. The average Bonchev–Trinajstić information content (AvgIpc) is 3.00. The molecule has 0 spiro atoms. The molecule has 3 rings (SSSR count). The van der Waals surface area contributed by atoms with E-state index in [2.05, 4.69) is 5.16 Å². The van der Waals surface area contributed by atoms with Crippen LogP contribution in [0.5, 0.6) is 5.75 Å². The zero-order valence-electron chi connectivity index (χ0n) is 13.3. The Hall–Kier alpha value is -2.44. The highest BCUT2D eigenvalue weighted by Crippen LogP contribution is 2.30. The first-order valence-corrected chi connectivity index (χ1v) is 7.85. The number of amides is 1. The summed E-state index contributed by atoms with van der Waals surface area (Å²) in [6.45, 7) is 2.08. The first-order chi connectivity index (χ1) is 11.5. The van der Waals surface area contributed by atoms with Gasteiger partial charge in [-0.2, -0.15) is 0 Å². The molecule has 0 saturated carbocycles. The number of carbonyl (C=O) groups is 1. The van der Waals surface area contributed by atoms with Gasteiger partial charge in [0.05, 0.1) is 6.04 Å². The Morgan fingerprint density at radius 2 is 2.21 bits per heavy atom. The molecule has 1 aliphatic rings. The van der Waals surface area contributed by atoms with Crippen molar-refractivity contribution in [2.45, 2.75) is 32.2 Å². The number of halogens is 2. The van der Waals surface area contributed by atoms with Crippen LogP contribution in [-0.4, -0.2) is 29.1 Å². The molecule has 0 radical (unpaired) electrons. The quantitative estimate of drug-likeness (QED) is 0.859. The van der Waals surface area contributed by atoms with Gasteiger partial charge >= 0.3 is 0 Å². The zero-order valence-corrected chi connectivity index (χ0v) is 13.3. The van der Waals surface area contributed by atoms with Crippen molar-refractivity contribution in [3.8, 4) is 5.75 Å². The highest BCUT2D eigenvalue weighted by Gasteiger charge is 2.30. The van der Waals surface area contributed by atoms with Gasteiger partial charge in [-0.15, -0.1) is 0 Å². The van der Waals surface area contributed by atoms with E-state index >= 15 is 0 Å². The molecule has 1 aromatic heterocycles. The van der Waals surface area contributed by atoms with Crippen molar-refractivity contribution in [2.24, 2.45) is 0 Å². The van der Waals surface area contributed by atoms with Crippen LogP contribution in [0.2, 0.25) is 0 Å². The van der Waals surface area contributed by atoms with Crippen LogP contribution in [0.3, 0.4) is 0 Å². The normalized spacial score (nSPS) is 17.8. The molecule has 1 unspecified atom stereocenters. The molecule has 0 bridgehead atoms. The van der Waals surface area contributed by atoms with Gasteiger partial charge < -0.3 is 14.2 Å². The second-order valence-electron chi connectivity index (χ2n) is 5.82. The molecule has 1 fully saturated rings. The number of hydrogen-bond acceptors (Lipinski definition) is 4. The summed E-state index contributed by atoms with van der Waals surface area (Å²) in [6.07, 6.45) is 2.68. The minimum Gasteiger partial charge on any atom is -0.481 e. The summed E-state index contributed by atoms with van der Waals surface area (Å²) in [4.78, 5) is 14.2. The smallest absolute Gasteiger partial charge is 0.261 e. The summed E-state index contributed by atoms with van der Waals surface area (Å²) in [7, 11) is 0. The van der Waals surface area contributed by atoms with Crippen LogP contribution in [0, 0.1) is 18.6 Å². The van der Waals surface area contributed by atoms with Crippen LogP contribution in [0.25, 0.3) is 0 Å². The standard InChI is InChI=1S/C17H18F2N2O3/c1-11-8-14(20-24-11)15-4-2-3-7-21(15)17(22)10-23-16-6-5-12(18)9-13(16)19/h5-6,8-9,15H,2-4,7,10H2,1H3. The number of carbonyl (C=O) groups excluding carboxylic acids is 1. The summed E-state index contributed by atoms with van der Waals surface area (Å²) in [6, 6.07) is 4.64. The number of ether oxygens (including phenoxy) is 1. The van der Waals surface area contributed by atoms with Crippen molar-refractivity contribution in [1.29, 1.82) is 0 Å². The highest BCUT2D eigenvalue weighted by molar-refractivity contribution is 5.78. The molecule has 2 aromatic rings. The van der Waals surface area contributed by atoms with Gasteiger partial charge in [0, 0.05) is 18.7 Å². The van der Waals surface area contributed by atoms with E-state index in [1.807, 2.05) is 6.07 Å². The van der Waals surface area contributed by atoms with Crippen molar-refractivity contribution in [3.63, 3.8) is 0 Å². The van der Waals surface area contributed by atoms with Crippen LogP contribution in [0.1, 0.15) is 36.8 Å². The van der Waals surface area contributed by atoms with Crippen LogP contribution in [0.4, 0.5) is 8.78 Å². The third-order valence-corrected chi connectivity index (χ3v) is 4.06. The van der Waals surface area contributed by atoms with Crippen molar-refractivity contribution in [1.82, 2.24) is 10.1 Å². The van der Waals surface area contributed by atoms with E-state index in [0.717, 1.165) is 31.4 Å². The minimum absolute atomic E-state index is 0.143. The predicted octanol–water partition coefficient (Wildman–Crippen LogP) is 3.39. The molecular weight excluding hydrogens is 318 g/mol. The van der Waals surface area contributed by atoms with Gasteiger partial charge in [0.15, 0.2) is 18.2 Å². The van der Waals surface area contributed by atoms with Crippen LogP contribution in [0.15, 0.2) is 28.8 Å². The van der Waals surface area contributed by atoms with Gasteiger partial charge in [-0.05, 0) is 38.3 Å². The van der Waals surface area contributed by atoms with Gasteiger partial charge in [-0.1, -0.05) is 5.16 Å². The molecule has 24 heavy (non-hydrogen) atoms. The maximum absolute atomic E-state index is 13.6. The van der Waals surface area contributed by atoms with Crippen molar-refractivity contribution >= 4 is 5.91 Å². The lowest BCUT2D eigenvalue weighted by atomic mass is 9.99. The van der Waals surface area contributed by atoms with E-state index in [1.54, 1.807) is 11.8 Å². The van der Waals surface area contributed by atoms with E-state index in [9.17, 15) is 13.6 Å². The largest absolute Gasteiger partial charge is 0.481 e. The lowest BCUT2D eigenvalue weighted by Crippen LogP contribution is -2.41. The van der Waals surface area contributed by atoms with E-state index in [0.29, 0.717) is 18.0 Å². The Morgan fingerprint density at radius 3 is 2.92 bits per heavy atom. The molecule has 2 heterocycles. The molecule has 1 amide bonds. The summed E-state index contributed by atoms with van der Waals surface area (Å²) < 4.78 is 36.8. The van der Waals surface area contributed by atoms with E-state index in [-0.39, 0.29) is 24.3 Å². The highest BCUT2D eigenvalue weighted by atomic mass is 19.1. The Labute approximate surface area is 138 Å². The number of nitrogens with zero attached hydrogens (tertiary/aromatic N) is 2. The lowest BCUT2D eigenvalue weighted by Gasteiger charge is -2.34. The molecule has 128 valence electrons. The Morgan fingerprint density at radius 1 is 1.38 bits per heavy atom. The fraction of sp³-hybridized carbons (Fsp3) is 0.412. The predicted molar refractivity (Wildman–Crippen MR) is 81.4 cm³/mol. The van der Waals surface area contributed by atoms with E-state index < -0.39 is 11.6 Å². The van der Waals surface area contributed by atoms with Crippen molar-refractivity contribution < 1.29 is 22.8 Å². The Balaban J connectivity index is 1.68. The SMILES string of the molecule is Cc1cc(C2CCCCN2C(=O)COc2ccc(F)cc2F)no1. The van der Waals surface area contributed by atoms with Gasteiger partial charge in [0.1, 0.15) is 17.3 Å². The minimum atomic E-state index is -0.829. The number of piperidine rings is 1. The molecule has 0 aliphatic carbocycles. The molecule has 1 saturated heterocycles. The number of benzene rings is 1. The van der Waals surface area contributed by atoms with Gasteiger partial charge in [0.25, 0.3) is 5.91 Å². The number of aryl methyl sites for hydroxylation is 1. The number of hydrogen-bond donors (Lipinski definition) is 0. The van der Waals surface area contributed by atoms with Gasteiger partial charge in [-0.3, -0.25) is 4.79 Å². The molecule has 7 heteroatoms. The third kappa shape index (κ3) is 3.55. The van der Waals surface area contributed by atoms with Crippen molar-refractivity contribution in [2.75, 3.05) is 13.2 Å². The van der Waals surface area contributed by atoms with Gasteiger partial charge in [-0.25, -0.2) is 8.78 Å².